The number of likely N-dealkylation sites (N-methyl/N-ethyl adjacent to an activating group) is 1. The van der Waals surface area contributed by atoms with E-state index in [4.69, 9.17) is 11.6 Å². The normalized spacial score (nSPS) is 22.6. The molecule has 0 bridgehead atoms. The molecule has 2 nitrogen and oxygen atoms in total. The van der Waals surface area contributed by atoms with E-state index in [1.165, 1.54) is 18.4 Å². The second kappa shape index (κ2) is 5.17. The molecule has 0 amide bonds. The van der Waals surface area contributed by atoms with Crippen LogP contribution >= 0.6 is 11.6 Å². The van der Waals surface area contributed by atoms with Crippen molar-refractivity contribution >= 4 is 11.6 Å². The minimum absolute atomic E-state index is 0.444. The zero-order valence-corrected chi connectivity index (χ0v) is 10.7. The molecule has 1 fully saturated rings. The van der Waals surface area contributed by atoms with Gasteiger partial charge in [-0.3, -0.25) is 0 Å². The van der Waals surface area contributed by atoms with E-state index in [1.807, 2.05) is 12.1 Å². The van der Waals surface area contributed by atoms with E-state index in [0.29, 0.717) is 12.1 Å². The van der Waals surface area contributed by atoms with Gasteiger partial charge in [-0.2, -0.15) is 0 Å². The standard InChI is InChI=1S/C13H19ClN2/c1-16(2)13(12-4-3-9-15-12)10-5-7-11(14)8-6-10/h5-8,12-13,15H,3-4,9H2,1-2H3. The van der Waals surface area contributed by atoms with Crippen molar-refractivity contribution in [1.82, 2.24) is 10.2 Å². The summed E-state index contributed by atoms with van der Waals surface area (Å²) in [7, 11) is 4.28. The Balaban J connectivity index is 2.21. The summed E-state index contributed by atoms with van der Waals surface area (Å²) in [6, 6.07) is 9.22. The molecular weight excluding hydrogens is 220 g/mol. The van der Waals surface area contributed by atoms with Gasteiger partial charge >= 0.3 is 0 Å². The summed E-state index contributed by atoms with van der Waals surface area (Å²) in [5.74, 6) is 0. The monoisotopic (exact) mass is 238 g/mol. The Morgan fingerprint density at radius 1 is 1.31 bits per heavy atom. The summed E-state index contributed by atoms with van der Waals surface area (Å²) in [5.41, 5.74) is 1.34. The van der Waals surface area contributed by atoms with Crippen molar-refractivity contribution in [1.29, 1.82) is 0 Å². The van der Waals surface area contributed by atoms with Crippen molar-refractivity contribution in [2.45, 2.75) is 24.9 Å². The molecule has 2 unspecified atom stereocenters. The number of benzene rings is 1. The van der Waals surface area contributed by atoms with Crippen molar-refractivity contribution in [2.75, 3.05) is 20.6 Å². The van der Waals surface area contributed by atoms with E-state index in [0.717, 1.165) is 11.6 Å². The van der Waals surface area contributed by atoms with Gasteiger partial charge in [0.2, 0.25) is 0 Å². The Bertz CT molecular complexity index is 328. The average molecular weight is 239 g/mol. The van der Waals surface area contributed by atoms with E-state index in [1.54, 1.807) is 0 Å². The third kappa shape index (κ3) is 2.57. The topological polar surface area (TPSA) is 15.3 Å². The van der Waals surface area contributed by atoms with E-state index in [-0.39, 0.29) is 0 Å². The zero-order valence-electron chi connectivity index (χ0n) is 9.91. The van der Waals surface area contributed by atoms with Gasteiger partial charge in [0.25, 0.3) is 0 Å². The first-order valence-corrected chi connectivity index (χ1v) is 6.21. The molecule has 0 radical (unpaired) electrons. The van der Waals surface area contributed by atoms with Crippen LogP contribution < -0.4 is 5.32 Å². The maximum absolute atomic E-state index is 5.93. The lowest BCUT2D eigenvalue weighted by Gasteiger charge is -2.30. The molecule has 0 aliphatic carbocycles. The van der Waals surface area contributed by atoms with Crippen LogP contribution in [0.2, 0.25) is 5.02 Å². The summed E-state index contributed by atoms with van der Waals surface area (Å²) >= 11 is 5.93. The van der Waals surface area contributed by atoms with Crippen LogP contribution in [-0.4, -0.2) is 31.6 Å². The Morgan fingerprint density at radius 2 is 2.00 bits per heavy atom. The first kappa shape index (κ1) is 11.9. The number of hydrogen-bond donors (Lipinski definition) is 1. The van der Waals surface area contributed by atoms with Crippen LogP contribution in [0.15, 0.2) is 24.3 Å². The highest BCUT2D eigenvalue weighted by Crippen LogP contribution is 2.27. The molecule has 2 rings (SSSR count). The molecule has 88 valence electrons. The van der Waals surface area contributed by atoms with Crippen LogP contribution in [0.3, 0.4) is 0 Å². The van der Waals surface area contributed by atoms with E-state index >= 15 is 0 Å². The Morgan fingerprint density at radius 3 is 2.50 bits per heavy atom. The first-order valence-electron chi connectivity index (χ1n) is 5.84. The number of nitrogens with one attached hydrogen (secondary N) is 1. The summed E-state index contributed by atoms with van der Waals surface area (Å²) in [5, 5.41) is 4.38. The predicted molar refractivity (Wildman–Crippen MR) is 68.9 cm³/mol. The number of hydrogen-bond acceptors (Lipinski definition) is 2. The largest absolute Gasteiger partial charge is 0.312 e. The maximum Gasteiger partial charge on any atom is 0.0496 e. The van der Waals surface area contributed by atoms with Crippen LogP contribution in [0.5, 0.6) is 0 Å². The van der Waals surface area contributed by atoms with Crippen LogP contribution in [-0.2, 0) is 0 Å². The van der Waals surface area contributed by atoms with Gasteiger partial charge in [-0.15, -0.1) is 0 Å². The van der Waals surface area contributed by atoms with Gasteiger partial charge in [-0.05, 0) is 51.2 Å². The molecule has 1 aliphatic rings. The molecule has 0 aromatic heterocycles. The smallest absolute Gasteiger partial charge is 0.0496 e. The highest BCUT2D eigenvalue weighted by molar-refractivity contribution is 6.30. The molecule has 16 heavy (non-hydrogen) atoms. The van der Waals surface area contributed by atoms with Crippen LogP contribution in [0.4, 0.5) is 0 Å². The Labute approximate surface area is 103 Å². The summed E-state index contributed by atoms with van der Waals surface area (Å²) in [6.45, 7) is 1.14. The minimum atomic E-state index is 0.444. The highest BCUT2D eigenvalue weighted by Gasteiger charge is 2.27. The molecule has 2 atom stereocenters. The Kier molecular flexibility index (Phi) is 3.85. The average Bonchev–Trinajstić information content (AvgIpc) is 2.74. The van der Waals surface area contributed by atoms with Crippen molar-refractivity contribution in [3.8, 4) is 0 Å². The second-order valence-corrected chi connectivity index (χ2v) is 5.10. The van der Waals surface area contributed by atoms with E-state index in [2.05, 4.69) is 36.4 Å². The summed E-state index contributed by atoms with van der Waals surface area (Å²) in [6.07, 6.45) is 2.54. The molecule has 1 aromatic rings. The van der Waals surface area contributed by atoms with E-state index < -0.39 is 0 Å². The molecule has 1 aliphatic heterocycles. The van der Waals surface area contributed by atoms with Gasteiger partial charge < -0.3 is 10.2 Å². The predicted octanol–water partition coefficient (Wildman–Crippen LogP) is 2.69. The zero-order chi connectivity index (χ0) is 11.5. The molecule has 1 heterocycles. The van der Waals surface area contributed by atoms with Gasteiger partial charge in [0, 0.05) is 17.1 Å². The SMILES string of the molecule is CN(C)C(c1ccc(Cl)cc1)C1CCCN1. The van der Waals surface area contributed by atoms with Crippen molar-refractivity contribution in [3.05, 3.63) is 34.9 Å². The fraction of sp³-hybridized carbons (Fsp3) is 0.538. The fourth-order valence-corrected chi connectivity index (χ4v) is 2.66. The Hall–Kier alpha value is -0.570. The minimum Gasteiger partial charge on any atom is -0.312 e. The van der Waals surface area contributed by atoms with Crippen LogP contribution in [0.25, 0.3) is 0 Å². The molecule has 3 heteroatoms. The fourth-order valence-electron chi connectivity index (χ4n) is 2.53. The van der Waals surface area contributed by atoms with Crippen molar-refractivity contribution < 1.29 is 0 Å². The summed E-state index contributed by atoms with van der Waals surface area (Å²) < 4.78 is 0. The second-order valence-electron chi connectivity index (χ2n) is 4.66. The van der Waals surface area contributed by atoms with Gasteiger partial charge in [-0.25, -0.2) is 0 Å². The van der Waals surface area contributed by atoms with Crippen molar-refractivity contribution in [3.63, 3.8) is 0 Å². The lowest BCUT2D eigenvalue weighted by Crippen LogP contribution is -2.37. The summed E-state index contributed by atoms with van der Waals surface area (Å²) in [4.78, 5) is 2.28. The van der Waals surface area contributed by atoms with Crippen LogP contribution in [0, 0.1) is 0 Å². The molecule has 1 N–H and O–H groups in total. The van der Waals surface area contributed by atoms with Gasteiger partial charge in [0.05, 0.1) is 0 Å². The molecule has 0 spiro atoms. The lowest BCUT2D eigenvalue weighted by molar-refractivity contribution is 0.244. The van der Waals surface area contributed by atoms with Gasteiger partial charge in [0.15, 0.2) is 0 Å². The highest BCUT2D eigenvalue weighted by atomic mass is 35.5. The third-order valence-electron chi connectivity index (χ3n) is 3.25. The molecular formula is C13H19ClN2. The number of rotatable bonds is 3. The van der Waals surface area contributed by atoms with Gasteiger partial charge in [0.1, 0.15) is 0 Å². The molecule has 1 saturated heterocycles. The molecule has 1 aromatic carbocycles. The number of halogens is 1. The lowest BCUT2D eigenvalue weighted by atomic mass is 9.97. The quantitative estimate of drug-likeness (QED) is 0.871. The molecule has 0 saturated carbocycles. The van der Waals surface area contributed by atoms with Gasteiger partial charge in [-0.1, -0.05) is 23.7 Å². The third-order valence-corrected chi connectivity index (χ3v) is 3.50. The number of nitrogens with zero attached hydrogens (tertiary/aromatic N) is 1. The van der Waals surface area contributed by atoms with E-state index in [9.17, 15) is 0 Å². The first-order chi connectivity index (χ1) is 7.68. The van der Waals surface area contributed by atoms with Crippen LogP contribution in [0.1, 0.15) is 24.4 Å². The maximum atomic E-state index is 5.93. The van der Waals surface area contributed by atoms with Crippen molar-refractivity contribution in [2.24, 2.45) is 0 Å².